The highest BCUT2D eigenvalue weighted by molar-refractivity contribution is 7.91. The van der Waals surface area contributed by atoms with E-state index < -0.39 is 21.2 Å². The maximum Gasteiger partial charge on any atom is 0.264 e. The van der Waals surface area contributed by atoms with Gasteiger partial charge in [0.25, 0.3) is 5.91 Å². The molecule has 1 aromatic carbocycles. The van der Waals surface area contributed by atoms with Crippen LogP contribution in [0, 0.1) is 5.92 Å². The van der Waals surface area contributed by atoms with Crippen molar-refractivity contribution in [2.45, 2.75) is 31.9 Å². The van der Waals surface area contributed by atoms with Gasteiger partial charge in [0, 0.05) is 29.8 Å². The molecule has 8 nitrogen and oxygen atoms in total. The molecule has 0 spiro atoms. The molecule has 1 saturated carbocycles. The number of carbonyl (C=O) groups is 1. The molecule has 0 aliphatic heterocycles. The van der Waals surface area contributed by atoms with Crippen molar-refractivity contribution in [2.75, 3.05) is 6.61 Å². The summed E-state index contributed by atoms with van der Waals surface area (Å²) >= 11 is 6.37. The minimum absolute atomic E-state index is 0.231. The lowest BCUT2D eigenvalue weighted by Gasteiger charge is -2.10. The van der Waals surface area contributed by atoms with Gasteiger partial charge in [0.15, 0.2) is 0 Å². The van der Waals surface area contributed by atoms with Crippen molar-refractivity contribution in [3.8, 4) is 17.1 Å². The van der Waals surface area contributed by atoms with Crippen LogP contribution >= 0.6 is 11.6 Å². The van der Waals surface area contributed by atoms with Crippen molar-refractivity contribution in [2.24, 2.45) is 13.0 Å². The second kappa shape index (κ2) is 8.12. The van der Waals surface area contributed by atoms with Crippen molar-refractivity contribution in [1.82, 2.24) is 19.5 Å². The Hall–Kier alpha value is -2.65. The molecule has 3 aromatic rings. The number of nitrogens with zero attached hydrogens (tertiary/aromatic N) is 3. The van der Waals surface area contributed by atoms with Crippen LogP contribution in [0.2, 0.25) is 5.02 Å². The predicted octanol–water partition coefficient (Wildman–Crippen LogP) is 3.55. The SMILES string of the molecule is CC(C)COc1ncc(-c2c3ccc(C(=O)NS(=O)(=O)C4CC4)cc3nn2C)cc1Cl. The number of pyridine rings is 1. The number of hydrogen-bond acceptors (Lipinski definition) is 6. The van der Waals surface area contributed by atoms with Gasteiger partial charge in [0.05, 0.1) is 23.1 Å². The minimum Gasteiger partial charge on any atom is -0.476 e. The summed E-state index contributed by atoms with van der Waals surface area (Å²) in [5.41, 5.74) is 2.32. The summed E-state index contributed by atoms with van der Waals surface area (Å²) in [5, 5.41) is 5.19. The van der Waals surface area contributed by atoms with Crippen molar-refractivity contribution < 1.29 is 17.9 Å². The second-order valence-corrected chi connectivity index (χ2v) is 10.5. The normalized spacial score (nSPS) is 14.2. The lowest BCUT2D eigenvalue weighted by molar-refractivity contribution is 0.0981. The van der Waals surface area contributed by atoms with E-state index in [2.05, 4.69) is 14.8 Å². The van der Waals surface area contributed by atoms with E-state index in [0.717, 1.165) is 16.6 Å². The van der Waals surface area contributed by atoms with Crippen LogP contribution in [0.25, 0.3) is 22.2 Å². The Kier molecular flexibility index (Phi) is 5.65. The summed E-state index contributed by atoms with van der Waals surface area (Å²) in [6, 6.07) is 6.67. The van der Waals surface area contributed by atoms with Crippen molar-refractivity contribution >= 4 is 38.4 Å². The predicted molar refractivity (Wildman–Crippen MR) is 119 cm³/mol. The molecule has 0 saturated heterocycles. The number of benzene rings is 1. The first-order valence-corrected chi connectivity index (χ1v) is 11.9. The van der Waals surface area contributed by atoms with Gasteiger partial charge >= 0.3 is 0 Å². The monoisotopic (exact) mass is 462 g/mol. The third-order valence-corrected chi connectivity index (χ3v) is 7.02. The fourth-order valence-corrected chi connectivity index (χ4v) is 4.76. The van der Waals surface area contributed by atoms with E-state index in [1.54, 1.807) is 42.2 Å². The molecule has 1 fully saturated rings. The number of amides is 1. The number of ether oxygens (including phenoxy) is 1. The van der Waals surface area contributed by atoms with Crippen LogP contribution in [0.4, 0.5) is 0 Å². The number of hydrogen-bond donors (Lipinski definition) is 1. The number of carbonyl (C=O) groups excluding carboxylic acids is 1. The lowest BCUT2D eigenvalue weighted by atomic mass is 10.1. The summed E-state index contributed by atoms with van der Waals surface area (Å²) < 4.78 is 33.5. The first kappa shape index (κ1) is 21.6. The zero-order chi connectivity index (χ0) is 22.3. The second-order valence-electron chi connectivity index (χ2n) is 8.10. The van der Waals surface area contributed by atoms with Gasteiger partial charge in [-0.25, -0.2) is 18.1 Å². The number of aromatic nitrogens is 3. The minimum atomic E-state index is -3.61. The molecule has 1 amide bonds. The number of aryl methyl sites for hydroxylation is 1. The number of fused-ring (bicyclic) bond motifs is 1. The van der Waals surface area contributed by atoms with Gasteiger partial charge in [-0.15, -0.1) is 0 Å². The van der Waals surface area contributed by atoms with Crippen LogP contribution in [0.1, 0.15) is 37.0 Å². The van der Waals surface area contributed by atoms with Crippen LogP contribution < -0.4 is 9.46 Å². The molecule has 0 bridgehead atoms. The molecule has 1 N–H and O–H groups in total. The lowest BCUT2D eigenvalue weighted by Crippen LogP contribution is -2.33. The Labute approximate surface area is 185 Å². The van der Waals surface area contributed by atoms with E-state index >= 15 is 0 Å². The van der Waals surface area contributed by atoms with E-state index in [9.17, 15) is 13.2 Å². The quantitative estimate of drug-likeness (QED) is 0.576. The molecule has 0 unspecified atom stereocenters. The standard InChI is InChI=1S/C21H23ClN4O4S/c1-12(2)11-30-21-17(22)8-14(10-23-21)19-16-7-4-13(9-18(16)24-26(19)3)20(27)25-31(28,29)15-5-6-15/h4,7-10,12,15H,5-6,11H2,1-3H3,(H,25,27). The third kappa shape index (κ3) is 4.52. The van der Waals surface area contributed by atoms with Crippen LogP contribution in [0.15, 0.2) is 30.5 Å². The summed E-state index contributed by atoms with van der Waals surface area (Å²) in [6.07, 6.45) is 2.84. The van der Waals surface area contributed by atoms with Gasteiger partial charge in [0.2, 0.25) is 15.9 Å². The Balaban J connectivity index is 1.63. The maximum absolute atomic E-state index is 12.4. The van der Waals surface area contributed by atoms with Gasteiger partial charge in [-0.2, -0.15) is 5.10 Å². The van der Waals surface area contributed by atoms with Gasteiger partial charge < -0.3 is 4.74 Å². The molecular weight excluding hydrogens is 440 g/mol. The molecule has 0 radical (unpaired) electrons. The van der Waals surface area contributed by atoms with E-state index in [1.165, 1.54) is 0 Å². The smallest absolute Gasteiger partial charge is 0.264 e. The summed E-state index contributed by atoms with van der Waals surface area (Å²) in [7, 11) is -1.83. The number of sulfonamides is 1. The maximum atomic E-state index is 12.4. The van der Waals surface area contributed by atoms with Crippen molar-refractivity contribution in [1.29, 1.82) is 0 Å². The molecule has 1 aliphatic carbocycles. The van der Waals surface area contributed by atoms with E-state index in [1.807, 2.05) is 13.8 Å². The summed E-state index contributed by atoms with van der Waals surface area (Å²) in [5.74, 6) is 0.0722. The topological polar surface area (TPSA) is 103 Å². The third-order valence-electron chi connectivity index (χ3n) is 4.93. The molecular formula is C21H23ClN4O4S. The Morgan fingerprint density at radius 1 is 1.32 bits per heavy atom. The molecule has 2 aromatic heterocycles. The average molecular weight is 463 g/mol. The highest BCUT2D eigenvalue weighted by Crippen LogP contribution is 2.33. The number of halogens is 1. The van der Waals surface area contributed by atoms with Crippen LogP contribution in [-0.4, -0.2) is 40.9 Å². The van der Waals surface area contributed by atoms with Gasteiger partial charge in [-0.3, -0.25) is 9.48 Å². The van der Waals surface area contributed by atoms with Crippen LogP contribution in [0.3, 0.4) is 0 Å². The zero-order valence-corrected chi connectivity index (χ0v) is 19.0. The average Bonchev–Trinajstić information content (AvgIpc) is 3.50. The van der Waals surface area contributed by atoms with Gasteiger partial charge in [-0.05, 0) is 43.0 Å². The largest absolute Gasteiger partial charge is 0.476 e. The fraction of sp³-hybridized carbons (Fsp3) is 0.381. The zero-order valence-electron chi connectivity index (χ0n) is 17.4. The molecule has 31 heavy (non-hydrogen) atoms. The van der Waals surface area contributed by atoms with E-state index in [0.29, 0.717) is 41.8 Å². The first-order valence-electron chi connectivity index (χ1n) is 9.97. The molecule has 1 aliphatic rings. The number of nitrogens with one attached hydrogen (secondary N) is 1. The molecule has 0 atom stereocenters. The Bertz CT molecular complexity index is 1270. The van der Waals surface area contributed by atoms with E-state index in [4.69, 9.17) is 16.3 Å². The van der Waals surface area contributed by atoms with Crippen molar-refractivity contribution in [3.63, 3.8) is 0 Å². The van der Waals surface area contributed by atoms with Crippen LogP contribution in [-0.2, 0) is 17.1 Å². The summed E-state index contributed by atoms with van der Waals surface area (Å²) in [4.78, 5) is 16.8. The Morgan fingerprint density at radius 3 is 2.71 bits per heavy atom. The molecule has 2 heterocycles. The molecule has 164 valence electrons. The highest BCUT2D eigenvalue weighted by atomic mass is 35.5. The van der Waals surface area contributed by atoms with E-state index in [-0.39, 0.29) is 5.56 Å². The van der Waals surface area contributed by atoms with Crippen molar-refractivity contribution in [3.05, 3.63) is 41.0 Å². The Morgan fingerprint density at radius 2 is 2.06 bits per heavy atom. The van der Waals surface area contributed by atoms with Gasteiger partial charge in [0.1, 0.15) is 5.02 Å². The molecule has 10 heteroatoms. The first-order chi connectivity index (χ1) is 14.7. The summed E-state index contributed by atoms with van der Waals surface area (Å²) in [6.45, 7) is 4.60. The highest BCUT2D eigenvalue weighted by Gasteiger charge is 2.37. The van der Waals surface area contributed by atoms with Gasteiger partial charge in [-0.1, -0.05) is 25.4 Å². The number of rotatable bonds is 7. The fourth-order valence-electron chi connectivity index (χ4n) is 3.24. The van der Waals surface area contributed by atoms with Crippen LogP contribution in [0.5, 0.6) is 5.88 Å². The molecule has 4 rings (SSSR count).